The molecule has 25 heteroatoms. The number of halogens is 10. The summed E-state index contributed by atoms with van der Waals surface area (Å²) in [6.45, 7) is 0.0424. The van der Waals surface area contributed by atoms with Crippen LogP contribution in [-0.2, 0) is 43.4 Å². The smallest absolute Gasteiger partial charge is 0.475 e. The van der Waals surface area contributed by atoms with Gasteiger partial charge in [-0.1, -0.05) is 23.7 Å². The molecule has 60 heavy (non-hydrogen) atoms. The van der Waals surface area contributed by atoms with Gasteiger partial charge in [0.25, 0.3) is 0 Å². The number of aryl methyl sites for hydroxylation is 2. The van der Waals surface area contributed by atoms with Gasteiger partial charge >= 0.3 is 30.5 Å². The van der Waals surface area contributed by atoms with Crippen molar-refractivity contribution in [2.75, 3.05) is 29.0 Å². The largest absolute Gasteiger partial charge is 0.490 e. The second-order valence-electron chi connectivity index (χ2n) is 12.8. The number of hydrogen-bond donors (Lipinski definition) is 5. The summed E-state index contributed by atoms with van der Waals surface area (Å²) in [6, 6.07) is 11.6. The van der Waals surface area contributed by atoms with Crippen LogP contribution in [0.1, 0.15) is 36.0 Å². The number of sulfonamides is 1. The van der Waals surface area contributed by atoms with Gasteiger partial charge in [-0.05, 0) is 79.1 Å². The molecule has 2 aromatic heterocycles. The summed E-state index contributed by atoms with van der Waals surface area (Å²) in [5, 5.41) is 23.9. The lowest BCUT2D eigenvalue weighted by Gasteiger charge is -2.31. The number of piperidine rings is 1. The van der Waals surface area contributed by atoms with Crippen molar-refractivity contribution < 1.29 is 72.5 Å². The van der Waals surface area contributed by atoms with Crippen molar-refractivity contribution in [1.82, 2.24) is 19.3 Å². The quantitative estimate of drug-likeness (QED) is 0.122. The third-order valence-corrected chi connectivity index (χ3v) is 10.7. The van der Waals surface area contributed by atoms with Gasteiger partial charge in [0.2, 0.25) is 21.9 Å². The molecular formula is C35H31ClF9N7O7S. The number of nitrogens with zero attached hydrogens (tertiary/aromatic N) is 4. The van der Waals surface area contributed by atoms with E-state index >= 15 is 0 Å². The minimum Gasteiger partial charge on any atom is -0.475 e. The zero-order chi connectivity index (χ0) is 44.6. The summed E-state index contributed by atoms with van der Waals surface area (Å²) >= 11 is 6.35. The Morgan fingerprint density at radius 1 is 0.833 bits per heavy atom. The van der Waals surface area contributed by atoms with Gasteiger partial charge in [-0.3, -0.25) is 9.78 Å². The van der Waals surface area contributed by atoms with Crippen molar-refractivity contribution >= 4 is 68.3 Å². The number of carboxylic acid groups (broad SMARTS) is 2. The highest BCUT2D eigenvalue weighted by Crippen LogP contribution is 2.37. The summed E-state index contributed by atoms with van der Waals surface area (Å²) in [5.74, 6) is -5.13. The molecule has 4 heterocycles. The van der Waals surface area contributed by atoms with E-state index in [0.717, 1.165) is 33.6 Å². The number of fused-ring (bicyclic) bond motifs is 6. The zero-order valence-corrected chi connectivity index (χ0v) is 31.9. The summed E-state index contributed by atoms with van der Waals surface area (Å²) in [6.07, 6.45) is -7.98. The van der Waals surface area contributed by atoms with E-state index < -0.39 is 50.9 Å². The van der Waals surface area contributed by atoms with Crippen LogP contribution >= 0.6 is 11.6 Å². The fraction of sp³-hybridized carbons (Fsp3) is 0.314. The highest BCUT2D eigenvalue weighted by Gasteiger charge is 2.40. The van der Waals surface area contributed by atoms with Crippen molar-refractivity contribution in [1.29, 1.82) is 0 Å². The van der Waals surface area contributed by atoms with E-state index in [0.29, 0.717) is 59.5 Å². The maximum atomic E-state index is 13.5. The molecule has 14 nitrogen and oxygen atoms in total. The molecule has 6 rings (SSSR count). The van der Waals surface area contributed by atoms with Gasteiger partial charge < -0.3 is 26.2 Å². The number of rotatable bonds is 5. The molecule has 1 fully saturated rings. The Balaban J connectivity index is 0.000000488. The normalized spacial score (nSPS) is 14.8. The average Bonchev–Trinajstić information content (AvgIpc) is 3.16. The highest BCUT2D eigenvalue weighted by atomic mass is 35.5. The number of nitrogens with one attached hydrogen (secondary N) is 3. The predicted octanol–water partition coefficient (Wildman–Crippen LogP) is 7.83. The Hall–Kier alpha value is -5.75. The van der Waals surface area contributed by atoms with Gasteiger partial charge in [0.05, 0.1) is 28.5 Å². The second-order valence-corrected chi connectivity index (χ2v) is 15.1. The molecule has 5 N–H and O–H groups in total. The summed E-state index contributed by atoms with van der Waals surface area (Å²) < 4.78 is 131. The fourth-order valence-corrected chi connectivity index (χ4v) is 7.45. The van der Waals surface area contributed by atoms with Gasteiger partial charge in [0.15, 0.2) is 5.82 Å². The molecular weight excluding hydrogens is 869 g/mol. The molecule has 4 aromatic rings. The minimum absolute atomic E-state index is 0.0212. The number of hydrogen-bond acceptors (Lipinski definition) is 10. The van der Waals surface area contributed by atoms with E-state index in [-0.39, 0.29) is 31.3 Å². The van der Waals surface area contributed by atoms with Crippen LogP contribution in [0, 0.1) is 5.92 Å². The summed E-state index contributed by atoms with van der Waals surface area (Å²) in [5.41, 5.74) is 2.70. The molecule has 1 saturated heterocycles. The lowest BCUT2D eigenvalue weighted by atomic mass is 9.94. The van der Waals surface area contributed by atoms with Gasteiger partial charge in [0.1, 0.15) is 5.02 Å². The maximum Gasteiger partial charge on any atom is 0.490 e. The molecule has 0 saturated carbocycles. The number of anilines is 5. The van der Waals surface area contributed by atoms with E-state index in [9.17, 15) is 52.7 Å². The first-order valence-electron chi connectivity index (χ1n) is 17.0. The first-order valence-corrected chi connectivity index (χ1v) is 18.9. The van der Waals surface area contributed by atoms with Crippen LogP contribution in [0.4, 0.5) is 68.3 Å². The Bertz CT molecular complexity index is 2280. The van der Waals surface area contributed by atoms with Gasteiger partial charge in [-0.15, -0.1) is 0 Å². The number of carboxylic acids is 2. The molecule has 0 spiro atoms. The molecule has 1 amide bonds. The minimum atomic E-state index is -5.08. The molecule has 0 unspecified atom stereocenters. The number of alkyl halides is 9. The van der Waals surface area contributed by atoms with Crippen LogP contribution < -0.4 is 16.0 Å². The second kappa shape index (κ2) is 19.1. The van der Waals surface area contributed by atoms with Gasteiger partial charge in [-0.25, -0.2) is 23.0 Å². The number of aliphatic carboxylic acids is 2. The van der Waals surface area contributed by atoms with E-state index in [4.69, 9.17) is 31.4 Å². The first-order chi connectivity index (χ1) is 27.8. The zero-order valence-electron chi connectivity index (χ0n) is 30.3. The molecule has 2 aromatic carbocycles. The van der Waals surface area contributed by atoms with Crippen LogP contribution in [0.3, 0.4) is 0 Å². The molecule has 324 valence electrons. The lowest BCUT2D eigenvalue weighted by Crippen LogP contribution is -2.39. The standard InChI is InChI=1S/C31H29ClF3N7O3S.2C2HF3O2/c32-25-18-37-30-39-23-13-20(16-36-17-23)5-6-21-15-22(38-29(25)41-30)7-8-26(21)40-28(43)14-19-9-11-42(12-10-19)46(44,45)27-4-2-1-3-24(27)31(33,34)35;2*3-2(4,5)1(6)7/h1-4,7-8,13,15-19H,5-6,9-12,14H2,(H,40,43)(H2,37,38,39,41);2*(H,6,7). The first kappa shape index (κ1) is 46.9. The molecule has 6 bridgehead atoms. The van der Waals surface area contributed by atoms with Gasteiger partial charge in [-0.2, -0.15) is 48.8 Å². The van der Waals surface area contributed by atoms with Crippen molar-refractivity contribution in [2.45, 2.75) is 55.5 Å². The fourth-order valence-electron chi connectivity index (χ4n) is 5.63. The van der Waals surface area contributed by atoms with Crippen molar-refractivity contribution in [2.24, 2.45) is 5.92 Å². The third-order valence-electron chi connectivity index (χ3n) is 8.46. The monoisotopic (exact) mass is 899 g/mol. The number of carbonyl (C=O) groups is 3. The van der Waals surface area contributed by atoms with Crippen molar-refractivity contribution in [3.05, 3.63) is 88.8 Å². The topological polar surface area (TPSA) is 204 Å². The molecule has 2 aliphatic rings. The molecule has 0 radical (unpaired) electrons. The summed E-state index contributed by atoms with van der Waals surface area (Å²) in [4.78, 5) is 43.3. The Morgan fingerprint density at radius 3 is 2.05 bits per heavy atom. The third kappa shape index (κ3) is 13.1. The average molecular weight is 900 g/mol. The Labute approximate surface area is 338 Å². The van der Waals surface area contributed by atoms with Crippen LogP contribution in [0.15, 0.2) is 72.0 Å². The molecule has 0 aliphatic carbocycles. The Morgan fingerprint density at radius 2 is 1.45 bits per heavy atom. The van der Waals surface area contributed by atoms with Crippen LogP contribution in [0.2, 0.25) is 5.02 Å². The molecule has 2 aliphatic heterocycles. The Kier molecular flexibility index (Phi) is 14.9. The van der Waals surface area contributed by atoms with E-state index in [2.05, 4.69) is 30.9 Å². The predicted molar refractivity (Wildman–Crippen MR) is 195 cm³/mol. The number of pyridine rings is 1. The van der Waals surface area contributed by atoms with E-state index in [1.165, 1.54) is 12.3 Å². The van der Waals surface area contributed by atoms with Crippen molar-refractivity contribution in [3.63, 3.8) is 0 Å². The number of aromatic nitrogens is 3. The molecule has 0 atom stereocenters. The maximum absolute atomic E-state index is 13.5. The lowest BCUT2D eigenvalue weighted by molar-refractivity contribution is -0.193. The number of benzene rings is 2. The van der Waals surface area contributed by atoms with Crippen LogP contribution in [0.25, 0.3) is 0 Å². The summed E-state index contributed by atoms with van der Waals surface area (Å²) in [7, 11) is -4.36. The highest BCUT2D eigenvalue weighted by molar-refractivity contribution is 7.89. The number of carbonyl (C=O) groups excluding carboxylic acids is 1. The van der Waals surface area contributed by atoms with Gasteiger partial charge in [0, 0.05) is 37.1 Å². The SMILES string of the molecule is O=C(CC1CCN(S(=O)(=O)c2ccccc2C(F)(F)F)CC1)Nc1ccc2cc1CCc1cncc(c1)Nc1ncc(Cl)c(n1)N2.O=C(O)C(F)(F)F.O=C(O)C(F)(F)F. The van der Waals surface area contributed by atoms with Crippen LogP contribution in [0.5, 0.6) is 0 Å². The van der Waals surface area contributed by atoms with Crippen molar-refractivity contribution in [3.8, 4) is 0 Å². The number of amides is 1. The van der Waals surface area contributed by atoms with E-state index in [1.807, 2.05) is 12.1 Å². The van der Waals surface area contributed by atoms with E-state index in [1.54, 1.807) is 24.5 Å². The van der Waals surface area contributed by atoms with Crippen LogP contribution in [-0.4, -0.2) is 81.2 Å².